The van der Waals surface area contributed by atoms with Crippen LogP contribution in [0.1, 0.15) is 38.1 Å². The quantitative estimate of drug-likeness (QED) is 0.595. The lowest BCUT2D eigenvalue weighted by Crippen LogP contribution is -2.15. The highest BCUT2D eigenvalue weighted by molar-refractivity contribution is 7.99. The van der Waals surface area contributed by atoms with Gasteiger partial charge in [-0.05, 0) is 23.3 Å². The number of thioether (sulfide) groups is 1. The fourth-order valence-electron chi connectivity index (χ4n) is 2.19. The first-order valence-corrected chi connectivity index (χ1v) is 7.49. The Morgan fingerprint density at radius 3 is 2.89 bits per heavy atom. The van der Waals surface area contributed by atoms with Gasteiger partial charge in [-0.2, -0.15) is 0 Å². The van der Waals surface area contributed by atoms with E-state index in [0.29, 0.717) is 19.3 Å². The minimum absolute atomic E-state index is 0.0739. The molecule has 18 heavy (non-hydrogen) atoms. The molecule has 0 spiro atoms. The van der Waals surface area contributed by atoms with Gasteiger partial charge in [-0.15, -0.1) is 5.10 Å². The molecule has 1 aromatic heterocycles. The first-order valence-electron chi connectivity index (χ1n) is 6.51. The van der Waals surface area contributed by atoms with E-state index in [1.54, 1.807) is 11.8 Å². The van der Waals surface area contributed by atoms with E-state index in [0.717, 1.165) is 10.9 Å². The molecule has 1 aliphatic carbocycles. The van der Waals surface area contributed by atoms with Gasteiger partial charge in [0.2, 0.25) is 5.16 Å². The average molecular weight is 272 g/mol. The molecule has 1 N–H and O–H groups in total. The second-order valence-electron chi connectivity index (χ2n) is 4.38. The zero-order valence-electron chi connectivity index (χ0n) is 10.5. The maximum absolute atomic E-state index is 8.60. The van der Waals surface area contributed by atoms with Crippen molar-refractivity contribution in [2.45, 2.75) is 43.3 Å². The number of hydrogen-bond acceptors (Lipinski definition) is 6. The number of tetrazole rings is 1. The Balaban J connectivity index is 1.79. The minimum Gasteiger partial charge on any atom is -0.394 e. The number of rotatable bonds is 7. The van der Waals surface area contributed by atoms with Crippen molar-refractivity contribution >= 4 is 11.8 Å². The van der Waals surface area contributed by atoms with Crippen molar-refractivity contribution < 1.29 is 9.84 Å². The topological polar surface area (TPSA) is 73.1 Å². The van der Waals surface area contributed by atoms with Crippen molar-refractivity contribution in [1.82, 2.24) is 20.2 Å². The Morgan fingerprint density at radius 2 is 2.11 bits per heavy atom. The summed E-state index contributed by atoms with van der Waals surface area (Å²) in [7, 11) is 0. The second-order valence-corrected chi connectivity index (χ2v) is 5.44. The Hall–Kier alpha value is -0.660. The highest BCUT2D eigenvalue weighted by Crippen LogP contribution is 2.29. The molecule has 0 bridgehead atoms. The molecule has 0 amide bonds. The third-order valence-electron chi connectivity index (χ3n) is 3.08. The molecule has 7 heteroatoms. The third kappa shape index (κ3) is 3.93. The number of aliphatic hydroxyl groups is 1. The van der Waals surface area contributed by atoms with E-state index in [9.17, 15) is 0 Å². The van der Waals surface area contributed by atoms with E-state index in [-0.39, 0.29) is 6.61 Å². The molecule has 1 aliphatic rings. The summed E-state index contributed by atoms with van der Waals surface area (Å²) in [6, 6.07) is 0.467. The molecule has 102 valence electrons. The molecule has 0 unspecified atom stereocenters. The van der Waals surface area contributed by atoms with E-state index in [4.69, 9.17) is 9.84 Å². The van der Waals surface area contributed by atoms with Gasteiger partial charge >= 0.3 is 0 Å². The zero-order valence-corrected chi connectivity index (χ0v) is 11.3. The van der Waals surface area contributed by atoms with Crippen LogP contribution in [0.25, 0.3) is 0 Å². The number of hydrogen-bond donors (Lipinski definition) is 1. The van der Waals surface area contributed by atoms with Crippen molar-refractivity contribution in [3.05, 3.63) is 0 Å². The van der Waals surface area contributed by atoms with Crippen LogP contribution in [-0.4, -0.2) is 50.9 Å². The summed E-state index contributed by atoms with van der Waals surface area (Å²) in [5.41, 5.74) is 0. The van der Waals surface area contributed by atoms with Crippen LogP contribution in [0.3, 0.4) is 0 Å². The average Bonchev–Trinajstić information content (AvgIpc) is 2.88. The van der Waals surface area contributed by atoms with E-state index in [1.807, 2.05) is 4.68 Å². The summed E-state index contributed by atoms with van der Waals surface area (Å²) < 4.78 is 7.19. The summed E-state index contributed by atoms with van der Waals surface area (Å²) in [5, 5.41) is 21.4. The lowest BCUT2D eigenvalue weighted by molar-refractivity contribution is 0.103. The molecule has 1 heterocycles. The minimum atomic E-state index is 0.0739. The number of nitrogens with zero attached hydrogens (tertiary/aromatic N) is 4. The normalized spacial score (nSPS) is 17.2. The molecular formula is C11H20N4O2S. The summed E-state index contributed by atoms with van der Waals surface area (Å²) in [4.78, 5) is 0. The molecule has 0 aromatic carbocycles. The first kappa shape index (κ1) is 13.8. The van der Waals surface area contributed by atoms with E-state index in [2.05, 4.69) is 15.5 Å². The number of ether oxygens (including phenoxy) is 1. The fourth-order valence-corrected chi connectivity index (χ4v) is 2.99. The second kappa shape index (κ2) is 7.70. The standard InChI is InChI=1S/C11H20N4O2S/c16-6-7-17-8-9-18-11-12-13-14-15(11)10-4-2-1-3-5-10/h10,16H,1-9H2. The number of aromatic nitrogens is 4. The molecular weight excluding hydrogens is 252 g/mol. The lowest BCUT2D eigenvalue weighted by atomic mass is 9.96. The van der Waals surface area contributed by atoms with Gasteiger partial charge in [0, 0.05) is 5.75 Å². The van der Waals surface area contributed by atoms with Crippen molar-refractivity contribution in [3.8, 4) is 0 Å². The predicted molar refractivity (Wildman–Crippen MR) is 68.6 cm³/mol. The smallest absolute Gasteiger partial charge is 0.209 e. The maximum atomic E-state index is 8.60. The van der Waals surface area contributed by atoms with Gasteiger partial charge in [-0.25, -0.2) is 4.68 Å². The summed E-state index contributed by atoms with van der Waals surface area (Å²) in [6.07, 6.45) is 6.23. The molecule has 0 radical (unpaired) electrons. The van der Waals surface area contributed by atoms with Crippen LogP contribution >= 0.6 is 11.8 Å². The molecule has 0 aliphatic heterocycles. The largest absolute Gasteiger partial charge is 0.394 e. The van der Waals surface area contributed by atoms with Gasteiger partial charge in [-0.1, -0.05) is 31.0 Å². The van der Waals surface area contributed by atoms with Gasteiger partial charge in [0.1, 0.15) is 0 Å². The van der Waals surface area contributed by atoms with E-state index < -0.39 is 0 Å². The fraction of sp³-hybridized carbons (Fsp3) is 0.909. The van der Waals surface area contributed by atoms with Crippen molar-refractivity contribution in [2.24, 2.45) is 0 Å². The van der Waals surface area contributed by atoms with Crippen LogP contribution < -0.4 is 0 Å². The highest BCUT2D eigenvalue weighted by atomic mass is 32.2. The van der Waals surface area contributed by atoms with Crippen LogP contribution in [0.4, 0.5) is 0 Å². The summed E-state index contributed by atoms with van der Waals surface area (Å²) in [5.74, 6) is 0.813. The van der Waals surface area contributed by atoms with Gasteiger partial charge < -0.3 is 9.84 Å². The van der Waals surface area contributed by atoms with Gasteiger partial charge in [0.25, 0.3) is 0 Å². The van der Waals surface area contributed by atoms with Crippen molar-refractivity contribution in [3.63, 3.8) is 0 Å². The molecule has 1 aromatic rings. The zero-order chi connectivity index (χ0) is 12.6. The monoisotopic (exact) mass is 272 g/mol. The molecule has 0 atom stereocenters. The Labute approximate surface area is 111 Å². The first-order chi connectivity index (χ1) is 8.92. The highest BCUT2D eigenvalue weighted by Gasteiger charge is 2.19. The Morgan fingerprint density at radius 1 is 1.28 bits per heavy atom. The lowest BCUT2D eigenvalue weighted by Gasteiger charge is -2.21. The van der Waals surface area contributed by atoms with Crippen molar-refractivity contribution in [2.75, 3.05) is 25.6 Å². The van der Waals surface area contributed by atoms with Gasteiger partial charge in [-0.3, -0.25) is 0 Å². The van der Waals surface area contributed by atoms with Crippen LogP contribution in [0.2, 0.25) is 0 Å². The summed E-state index contributed by atoms with van der Waals surface area (Å²) in [6.45, 7) is 1.08. The maximum Gasteiger partial charge on any atom is 0.209 e. The van der Waals surface area contributed by atoms with Crippen LogP contribution in [-0.2, 0) is 4.74 Å². The molecule has 0 saturated heterocycles. The van der Waals surface area contributed by atoms with Crippen LogP contribution in [0, 0.1) is 0 Å². The molecule has 6 nitrogen and oxygen atoms in total. The van der Waals surface area contributed by atoms with Crippen molar-refractivity contribution in [1.29, 1.82) is 0 Å². The third-order valence-corrected chi connectivity index (χ3v) is 3.98. The van der Waals surface area contributed by atoms with Crippen LogP contribution in [0.15, 0.2) is 5.16 Å². The Bertz CT molecular complexity index is 342. The number of aliphatic hydroxyl groups excluding tert-OH is 1. The molecule has 1 fully saturated rings. The van der Waals surface area contributed by atoms with Gasteiger partial charge in [0.05, 0.1) is 25.9 Å². The van der Waals surface area contributed by atoms with E-state index >= 15 is 0 Å². The van der Waals surface area contributed by atoms with Gasteiger partial charge in [0.15, 0.2) is 0 Å². The van der Waals surface area contributed by atoms with E-state index in [1.165, 1.54) is 32.1 Å². The molecule has 1 saturated carbocycles. The van der Waals surface area contributed by atoms with Crippen LogP contribution in [0.5, 0.6) is 0 Å². The molecule has 2 rings (SSSR count). The summed E-state index contributed by atoms with van der Waals surface area (Å²) >= 11 is 1.62. The predicted octanol–water partition coefficient (Wildman–Crippen LogP) is 1.28. The SMILES string of the molecule is OCCOCCSc1nnnn1C1CCCCC1. The Kier molecular flexibility index (Phi) is 5.89.